The molecule has 0 radical (unpaired) electrons. The largest absolute Gasteiger partial charge is 0.480 e. The van der Waals surface area contributed by atoms with Crippen molar-refractivity contribution in [2.45, 2.75) is 18.9 Å². The first kappa shape index (κ1) is 27.7. The van der Waals surface area contributed by atoms with Gasteiger partial charge in [0.2, 0.25) is 0 Å². The van der Waals surface area contributed by atoms with Crippen molar-refractivity contribution in [2.24, 2.45) is 0 Å². The summed E-state index contributed by atoms with van der Waals surface area (Å²) in [4.78, 5) is 58.9. The molecule has 3 N–H and O–H groups in total. The van der Waals surface area contributed by atoms with Gasteiger partial charge in [-0.1, -0.05) is 41.4 Å². The summed E-state index contributed by atoms with van der Waals surface area (Å²) in [5, 5.41) is 15.5. The molecule has 2 aromatic carbocycles. The third-order valence-corrected chi connectivity index (χ3v) is 6.63. The van der Waals surface area contributed by atoms with Crippen molar-refractivity contribution < 1.29 is 14.7 Å². The molecular formula is C27H23Cl2N5O5. The van der Waals surface area contributed by atoms with Crippen LogP contribution in [0.1, 0.15) is 21.6 Å². The van der Waals surface area contributed by atoms with E-state index in [1.807, 2.05) is 12.1 Å². The van der Waals surface area contributed by atoms with E-state index >= 15 is 0 Å². The van der Waals surface area contributed by atoms with Crippen LogP contribution >= 0.6 is 23.2 Å². The molecule has 0 saturated carbocycles. The van der Waals surface area contributed by atoms with Gasteiger partial charge in [-0.05, 0) is 29.8 Å². The van der Waals surface area contributed by atoms with E-state index in [0.717, 1.165) is 5.69 Å². The number of carbonyl (C=O) groups is 2. The topological polar surface area (TPSA) is 142 Å². The van der Waals surface area contributed by atoms with Crippen LogP contribution in [0, 0.1) is 0 Å². The Bertz CT molecular complexity index is 1550. The van der Waals surface area contributed by atoms with E-state index in [2.05, 4.69) is 20.6 Å². The van der Waals surface area contributed by atoms with Crippen LogP contribution in [0.3, 0.4) is 0 Å². The Kier molecular flexibility index (Phi) is 8.58. The molecule has 4 aromatic rings. The minimum absolute atomic E-state index is 0.00482. The second-order valence-corrected chi connectivity index (χ2v) is 9.56. The lowest BCUT2D eigenvalue weighted by Gasteiger charge is -2.25. The predicted octanol–water partition coefficient (Wildman–Crippen LogP) is 3.42. The van der Waals surface area contributed by atoms with Crippen LogP contribution in [0.2, 0.25) is 10.0 Å². The minimum Gasteiger partial charge on any atom is -0.480 e. The number of likely N-dealkylation sites (N-methyl/N-ethyl adjacent to an activating group) is 1. The van der Waals surface area contributed by atoms with Crippen molar-refractivity contribution in [3.05, 3.63) is 108 Å². The summed E-state index contributed by atoms with van der Waals surface area (Å²) >= 11 is 12.1. The van der Waals surface area contributed by atoms with Gasteiger partial charge in [0.15, 0.2) is 0 Å². The van der Waals surface area contributed by atoms with Crippen molar-refractivity contribution in [1.82, 2.24) is 9.97 Å². The molecule has 39 heavy (non-hydrogen) atoms. The zero-order valence-electron chi connectivity index (χ0n) is 20.6. The number of amides is 1. The fourth-order valence-electron chi connectivity index (χ4n) is 3.94. The maximum atomic E-state index is 12.6. The molecule has 2 heterocycles. The second-order valence-electron chi connectivity index (χ2n) is 8.74. The fourth-order valence-corrected chi connectivity index (χ4v) is 4.40. The summed E-state index contributed by atoms with van der Waals surface area (Å²) < 4.78 is 0. The summed E-state index contributed by atoms with van der Waals surface area (Å²) in [7, 11) is 1.66. The highest BCUT2D eigenvalue weighted by atomic mass is 35.5. The Hall–Kier alpha value is -4.28. The third-order valence-electron chi connectivity index (χ3n) is 6.06. The van der Waals surface area contributed by atoms with Gasteiger partial charge in [0, 0.05) is 56.3 Å². The number of carbonyl (C=O) groups excluding carboxylic acids is 1. The summed E-state index contributed by atoms with van der Waals surface area (Å²) in [6.07, 6.45) is 4.91. The number of carboxylic acid groups (broad SMARTS) is 1. The monoisotopic (exact) mass is 567 g/mol. The number of benzene rings is 1. The molecule has 1 atom stereocenters. The lowest BCUT2D eigenvalue weighted by atomic mass is 10.0. The van der Waals surface area contributed by atoms with Crippen LogP contribution < -0.4 is 26.4 Å². The number of anilines is 3. The number of aromatic nitrogens is 2. The summed E-state index contributed by atoms with van der Waals surface area (Å²) in [6, 6.07) is 10.6. The van der Waals surface area contributed by atoms with E-state index in [-0.39, 0.29) is 33.5 Å². The first-order valence-electron chi connectivity index (χ1n) is 11.8. The molecule has 0 saturated heterocycles. The molecule has 4 rings (SSSR count). The number of halogens is 2. The standard InChI is InChI=1S/C27H23Cl2N5O5/c1-34(11-9-17-4-2-3-10-31-17)23-22(24(35)25(23)36)32-20(27(38)39)12-15-5-7-16(8-6-15)26(37)33-21-18(28)13-30-14-19(21)29/h2-8,10,13-14,20,32H,9,11-12H2,1H3,(H,38,39)(H,30,33,37)/t20-/m0/s1. The van der Waals surface area contributed by atoms with Gasteiger partial charge in [-0.3, -0.25) is 24.4 Å². The quantitative estimate of drug-likeness (QED) is 0.232. The molecule has 0 unspecified atom stereocenters. The highest BCUT2D eigenvalue weighted by molar-refractivity contribution is 6.39. The lowest BCUT2D eigenvalue weighted by molar-refractivity contribution is -0.137. The van der Waals surface area contributed by atoms with E-state index in [9.17, 15) is 24.3 Å². The number of rotatable bonds is 11. The molecule has 0 aliphatic heterocycles. The van der Waals surface area contributed by atoms with Gasteiger partial charge in [-0.15, -0.1) is 0 Å². The average molecular weight is 568 g/mol. The first-order valence-corrected chi connectivity index (χ1v) is 12.5. The number of nitrogens with one attached hydrogen (secondary N) is 2. The van der Waals surface area contributed by atoms with Gasteiger partial charge in [0.25, 0.3) is 16.8 Å². The fraction of sp³-hybridized carbons (Fsp3) is 0.185. The molecule has 0 bridgehead atoms. The van der Waals surface area contributed by atoms with Gasteiger partial charge in [0.1, 0.15) is 17.4 Å². The van der Waals surface area contributed by atoms with E-state index in [1.165, 1.54) is 24.5 Å². The van der Waals surface area contributed by atoms with Crippen LogP contribution in [-0.4, -0.2) is 46.6 Å². The van der Waals surface area contributed by atoms with Crippen molar-refractivity contribution in [3.63, 3.8) is 0 Å². The maximum absolute atomic E-state index is 12.6. The van der Waals surface area contributed by atoms with Gasteiger partial charge >= 0.3 is 5.97 Å². The first-order chi connectivity index (χ1) is 18.7. The molecule has 200 valence electrons. The van der Waals surface area contributed by atoms with Crippen LogP contribution in [0.15, 0.2) is 70.6 Å². The third kappa shape index (κ3) is 6.42. The Morgan fingerprint density at radius 1 is 1.00 bits per heavy atom. The smallest absolute Gasteiger partial charge is 0.326 e. The molecule has 0 aliphatic carbocycles. The molecule has 10 nitrogen and oxygen atoms in total. The van der Waals surface area contributed by atoms with Crippen molar-refractivity contribution in [3.8, 4) is 0 Å². The van der Waals surface area contributed by atoms with Crippen molar-refractivity contribution in [1.29, 1.82) is 0 Å². The summed E-state index contributed by atoms with van der Waals surface area (Å²) in [5.41, 5.74) is 0.616. The Balaban J connectivity index is 1.43. The molecule has 0 spiro atoms. The second kappa shape index (κ2) is 12.1. The number of hydrogen-bond donors (Lipinski definition) is 3. The normalized spacial score (nSPS) is 11.7. The van der Waals surface area contributed by atoms with Crippen LogP contribution in [-0.2, 0) is 17.6 Å². The summed E-state index contributed by atoms with van der Waals surface area (Å²) in [6.45, 7) is 0.410. The zero-order valence-corrected chi connectivity index (χ0v) is 22.2. The predicted molar refractivity (Wildman–Crippen MR) is 150 cm³/mol. The maximum Gasteiger partial charge on any atom is 0.326 e. The minimum atomic E-state index is -1.20. The van der Waals surface area contributed by atoms with E-state index in [1.54, 1.807) is 36.3 Å². The van der Waals surface area contributed by atoms with Crippen molar-refractivity contribution in [2.75, 3.05) is 29.1 Å². The Labute approximate surface area is 232 Å². The highest BCUT2D eigenvalue weighted by Crippen LogP contribution is 2.29. The average Bonchev–Trinajstić information content (AvgIpc) is 2.93. The van der Waals surface area contributed by atoms with Gasteiger partial charge in [0.05, 0.1) is 15.7 Å². The number of aliphatic carboxylic acids is 1. The Morgan fingerprint density at radius 3 is 2.31 bits per heavy atom. The van der Waals surface area contributed by atoms with Gasteiger partial charge < -0.3 is 20.6 Å². The van der Waals surface area contributed by atoms with Crippen molar-refractivity contribution >= 4 is 52.1 Å². The number of carboxylic acids is 1. The molecular weight excluding hydrogens is 545 g/mol. The number of hydrogen-bond acceptors (Lipinski definition) is 8. The van der Waals surface area contributed by atoms with E-state index in [0.29, 0.717) is 24.1 Å². The number of pyridine rings is 2. The molecule has 2 aromatic heterocycles. The molecule has 0 aliphatic rings. The lowest BCUT2D eigenvalue weighted by Crippen LogP contribution is -2.45. The van der Waals surface area contributed by atoms with E-state index < -0.39 is 28.8 Å². The van der Waals surface area contributed by atoms with Crippen LogP contribution in [0.4, 0.5) is 17.1 Å². The Morgan fingerprint density at radius 2 is 1.69 bits per heavy atom. The highest BCUT2D eigenvalue weighted by Gasteiger charge is 2.28. The van der Waals surface area contributed by atoms with E-state index in [4.69, 9.17) is 23.2 Å². The molecule has 12 heteroatoms. The van der Waals surface area contributed by atoms with Crippen LogP contribution in [0.5, 0.6) is 0 Å². The van der Waals surface area contributed by atoms with Gasteiger partial charge in [-0.2, -0.15) is 0 Å². The van der Waals surface area contributed by atoms with Crippen LogP contribution in [0.25, 0.3) is 0 Å². The SMILES string of the molecule is CN(CCc1ccccn1)c1c(N[C@@H](Cc2ccc(C(=O)Nc3c(Cl)cncc3Cl)cc2)C(=O)O)c(=O)c1=O. The van der Waals surface area contributed by atoms with Gasteiger partial charge in [-0.25, -0.2) is 4.79 Å². The molecule has 0 fully saturated rings. The zero-order chi connectivity index (χ0) is 28.1. The summed E-state index contributed by atoms with van der Waals surface area (Å²) in [5.74, 6) is -1.67. The molecule has 1 amide bonds. The number of nitrogens with zero attached hydrogens (tertiary/aromatic N) is 3.